The summed E-state index contributed by atoms with van der Waals surface area (Å²) in [5, 5.41) is 11.1. The number of ether oxygens (including phenoxy) is 4. The van der Waals surface area contributed by atoms with Gasteiger partial charge in [0, 0.05) is 19.6 Å². The number of carbonyl (C=O) groups excluding carboxylic acids is 2. The zero-order valence-corrected chi connectivity index (χ0v) is 18.0. The third kappa shape index (κ3) is 2.58. The molecule has 0 unspecified atom stereocenters. The molecule has 1 saturated carbocycles. The molecule has 3 heterocycles. The van der Waals surface area contributed by atoms with Crippen LogP contribution in [0.4, 0.5) is 0 Å². The van der Waals surface area contributed by atoms with Crippen molar-refractivity contribution in [3.05, 3.63) is 35.5 Å². The summed E-state index contributed by atoms with van der Waals surface area (Å²) in [5.74, 6) is -1.44. The SMILES string of the molecule is CO[C@H]1O[C@H](c2ccoc2)C[C@]12C(C)=C(O)C(=O)[C@]1(COC(C)=O)[C@@H]2CCC[C@]12CO2. The van der Waals surface area contributed by atoms with E-state index in [0.717, 1.165) is 12.0 Å². The highest BCUT2D eigenvalue weighted by molar-refractivity contribution is 6.02. The van der Waals surface area contributed by atoms with E-state index in [2.05, 4.69) is 0 Å². The largest absolute Gasteiger partial charge is 0.504 e. The van der Waals surface area contributed by atoms with Crippen LogP contribution in [-0.4, -0.2) is 49.1 Å². The van der Waals surface area contributed by atoms with Gasteiger partial charge >= 0.3 is 5.97 Å². The van der Waals surface area contributed by atoms with Crippen LogP contribution in [0.3, 0.4) is 0 Å². The van der Waals surface area contributed by atoms with Crippen LogP contribution in [0, 0.1) is 16.7 Å². The molecule has 1 aromatic heterocycles. The summed E-state index contributed by atoms with van der Waals surface area (Å²) in [4.78, 5) is 25.5. The van der Waals surface area contributed by atoms with Crippen LogP contribution in [0.25, 0.3) is 0 Å². The molecule has 8 nitrogen and oxygen atoms in total. The molecule has 1 N–H and O–H groups in total. The van der Waals surface area contributed by atoms with E-state index < -0.39 is 34.5 Å². The average molecular weight is 432 g/mol. The molecule has 8 heteroatoms. The predicted octanol–water partition coefficient (Wildman–Crippen LogP) is 3.23. The number of fused-ring (bicyclic) bond motifs is 3. The first-order chi connectivity index (χ1) is 14.8. The molecule has 2 aliphatic carbocycles. The van der Waals surface area contributed by atoms with Gasteiger partial charge in [-0.15, -0.1) is 0 Å². The Balaban J connectivity index is 1.69. The van der Waals surface area contributed by atoms with Gasteiger partial charge in [-0.25, -0.2) is 0 Å². The monoisotopic (exact) mass is 432 g/mol. The van der Waals surface area contributed by atoms with Gasteiger partial charge in [-0.1, -0.05) is 6.42 Å². The van der Waals surface area contributed by atoms with Crippen molar-refractivity contribution in [2.24, 2.45) is 16.7 Å². The van der Waals surface area contributed by atoms with Crippen molar-refractivity contribution in [2.75, 3.05) is 20.3 Å². The van der Waals surface area contributed by atoms with E-state index in [1.165, 1.54) is 6.92 Å². The van der Waals surface area contributed by atoms with Crippen LogP contribution in [-0.2, 0) is 28.5 Å². The Morgan fingerprint density at radius 1 is 1.39 bits per heavy atom. The van der Waals surface area contributed by atoms with E-state index in [0.29, 0.717) is 31.4 Å². The second-order valence-corrected chi connectivity index (χ2v) is 9.28. The molecule has 6 atom stereocenters. The highest BCUT2D eigenvalue weighted by atomic mass is 16.7. The molecule has 31 heavy (non-hydrogen) atoms. The van der Waals surface area contributed by atoms with Crippen molar-refractivity contribution in [3.63, 3.8) is 0 Å². The molecular weight excluding hydrogens is 404 g/mol. The van der Waals surface area contributed by atoms with E-state index in [9.17, 15) is 14.7 Å². The molecule has 168 valence electrons. The van der Waals surface area contributed by atoms with E-state index in [-0.39, 0.29) is 24.4 Å². The van der Waals surface area contributed by atoms with Crippen molar-refractivity contribution >= 4 is 11.8 Å². The van der Waals surface area contributed by atoms with Gasteiger partial charge in [-0.05, 0) is 43.7 Å². The molecule has 0 amide bonds. The molecule has 5 rings (SSSR count). The Bertz CT molecular complexity index is 929. The summed E-state index contributed by atoms with van der Waals surface area (Å²) in [6.07, 6.45) is 5.00. The number of aliphatic hydroxyl groups is 1. The normalized spacial score (nSPS) is 41.6. The summed E-state index contributed by atoms with van der Waals surface area (Å²) in [6, 6.07) is 1.85. The summed E-state index contributed by atoms with van der Waals surface area (Å²) >= 11 is 0. The zero-order valence-electron chi connectivity index (χ0n) is 18.0. The fourth-order valence-electron chi connectivity index (χ4n) is 6.59. The minimum absolute atomic E-state index is 0.127. The summed E-state index contributed by atoms with van der Waals surface area (Å²) in [5.41, 5.74) is -1.24. The first kappa shape index (κ1) is 20.7. The van der Waals surface area contributed by atoms with Crippen LogP contribution in [0.15, 0.2) is 34.3 Å². The van der Waals surface area contributed by atoms with E-state index in [1.807, 2.05) is 6.07 Å². The van der Waals surface area contributed by atoms with E-state index in [1.54, 1.807) is 26.6 Å². The number of hydrogen-bond acceptors (Lipinski definition) is 8. The molecule has 0 aromatic carbocycles. The Morgan fingerprint density at radius 2 is 2.16 bits per heavy atom. The number of Topliss-reactive ketones (excluding diaryl/α,β-unsaturated/α-hetero) is 1. The maximum atomic E-state index is 13.7. The Morgan fingerprint density at radius 3 is 2.77 bits per heavy atom. The van der Waals surface area contributed by atoms with Gasteiger partial charge in [0.15, 0.2) is 12.0 Å². The van der Waals surface area contributed by atoms with Gasteiger partial charge in [-0.3, -0.25) is 9.59 Å². The van der Waals surface area contributed by atoms with Gasteiger partial charge < -0.3 is 28.5 Å². The van der Waals surface area contributed by atoms with E-state index in [4.69, 9.17) is 23.4 Å². The Kier molecular flexibility index (Phi) is 4.63. The number of rotatable bonds is 4. The quantitative estimate of drug-likeness (QED) is 0.571. The van der Waals surface area contributed by atoms with Crippen LogP contribution >= 0.6 is 0 Å². The molecule has 0 radical (unpaired) electrons. The number of aliphatic hydroxyl groups excluding tert-OH is 1. The third-order valence-corrected chi connectivity index (χ3v) is 8.13. The van der Waals surface area contributed by atoms with Gasteiger partial charge in [-0.2, -0.15) is 0 Å². The average Bonchev–Trinajstić information content (AvgIpc) is 3.18. The summed E-state index contributed by atoms with van der Waals surface area (Å²) in [6.45, 7) is 3.38. The van der Waals surface area contributed by atoms with Gasteiger partial charge in [0.1, 0.15) is 17.6 Å². The number of allylic oxidation sites excluding steroid dienone is 1. The molecule has 4 aliphatic rings. The van der Waals surface area contributed by atoms with Gasteiger partial charge in [0.05, 0.1) is 30.7 Å². The van der Waals surface area contributed by atoms with Crippen molar-refractivity contribution in [1.29, 1.82) is 0 Å². The first-order valence-electron chi connectivity index (χ1n) is 10.8. The second kappa shape index (κ2) is 6.92. The molecule has 2 spiro atoms. The number of hydrogen-bond donors (Lipinski definition) is 1. The maximum absolute atomic E-state index is 13.7. The van der Waals surface area contributed by atoms with Crippen LogP contribution in [0.1, 0.15) is 51.2 Å². The fraction of sp³-hybridized carbons (Fsp3) is 0.652. The highest BCUT2D eigenvalue weighted by Gasteiger charge is 2.77. The fourth-order valence-corrected chi connectivity index (χ4v) is 6.59. The van der Waals surface area contributed by atoms with Crippen LogP contribution in [0.5, 0.6) is 0 Å². The van der Waals surface area contributed by atoms with Crippen LogP contribution in [0.2, 0.25) is 0 Å². The predicted molar refractivity (Wildman–Crippen MR) is 106 cm³/mol. The van der Waals surface area contributed by atoms with E-state index >= 15 is 0 Å². The smallest absolute Gasteiger partial charge is 0.302 e. The Labute approximate surface area is 180 Å². The van der Waals surface area contributed by atoms with Crippen molar-refractivity contribution in [2.45, 2.75) is 57.5 Å². The van der Waals surface area contributed by atoms with Crippen molar-refractivity contribution in [3.8, 4) is 0 Å². The minimum Gasteiger partial charge on any atom is -0.504 e. The lowest BCUT2D eigenvalue weighted by Crippen LogP contribution is -2.65. The Hall–Kier alpha value is -2.16. The lowest BCUT2D eigenvalue weighted by molar-refractivity contribution is -0.202. The zero-order chi connectivity index (χ0) is 22.0. The molecule has 2 aliphatic heterocycles. The number of ketones is 1. The summed E-state index contributed by atoms with van der Waals surface area (Å²) in [7, 11) is 1.57. The molecular formula is C23H28O8. The third-order valence-electron chi connectivity index (χ3n) is 8.13. The minimum atomic E-state index is -1.17. The number of epoxide rings is 1. The summed E-state index contributed by atoms with van der Waals surface area (Å²) < 4.78 is 28.8. The topological polar surface area (TPSA) is 108 Å². The van der Waals surface area contributed by atoms with Crippen molar-refractivity contribution < 1.29 is 38.1 Å². The first-order valence-corrected chi connectivity index (χ1v) is 10.8. The second-order valence-electron chi connectivity index (χ2n) is 9.28. The molecule has 0 bridgehead atoms. The van der Waals surface area contributed by atoms with Gasteiger partial charge in [0.25, 0.3) is 0 Å². The highest BCUT2D eigenvalue weighted by Crippen LogP contribution is 2.70. The number of esters is 1. The standard InChI is InChI=1S/C23H28O8/c1-13-18(25)19(26)23(12-29-14(2)24)17(5-4-7-21(23)11-30-21)22(13)9-16(31-20(22)27-3)15-6-8-28-10-15/h6,8,10,16-17,20,25H,4-5,7,9,11-12H2,1-3H3/t16-,17+,20-,21-,22+,23-/m0/s1. The lowest BCUT2D eigenvalue weighted by Gasteiger charge is -2.57. The van der Waals surface area contributed by atoms with Crippen LogP contribution < -0.4 is 0 Å². The molecule has 2 saturated heterocycles. The molecule has 3 fully saturated rings. The molecule has 1 aromatic rings. The number of carbonyl (C=O) groups is 2. The van der Waals surface area contributed by atoms with Crippen molar-refractivity contribution in [1.82, 2.24) is 0 Å². The van der Waals surface area contributed by atoms with Gasteiger partial charge in [0.2, 0.25) is 5.78 Å². The number of furan rings is 1. The number of methoxy groups -OCH3 is 1. The maximum Gasteiger partial charge on any atom is 0.302 e. The lowest BCUT2D eigenvalue weighted by atomic mass is 9.45.